The molecule has 1 aromatic carbocycles. The standard InChI is InChI=1S/C14H9ClO2S/c15-10-3-4-13-12(7-10)14(16)9(8-18-13)6-11-2-1-5-17-11/h1-7H,8H2. The Bertz CT molecular complexity index is 629. The maximum Gasteiger partial charge on any atom is 0.191 e. The minimum atomic E-state index is 0.0302. The van der Waals surface area contributed by atoms with Crippen molar-refractivity contribution in [3.05, 3.63) is 58.5 Å². The average molecular weight is 277 g/mol. The molecule has 1 aliphatic heterocycles. The number of Topliss-reactive ketones (excluding diaryl/α,β-unsaturated/α-hetero) is 1. The number of halogens is 1. The molecule has 90 valence electrons. The van der Waals surface area contributed by atoms with Gasteiger partial charge in [0, 0.05) is 26.8 Å². The highest BCUT2D eigenvalue weighted by molar-refractivity contribution is 7.99. The highest BCUT2D eigenvalue weighted by Gasteiger charge is 2.22. The lowest BCUT2D eigenvalue weighted by molar-refractivity contribution is 0.103. The normalized spacial score (nSPS) is 16.9. The van der Waals surface area contributed by atoms with Crippen LogP contribution in [0.5, 0.6) is 0 Å². The maximum atomic E-state index is 12.3. The van der Waals surface area contributed by atoms with Crippen LogP contribution in [0.25, 0.3) is 6.08 Å². The van der Waals surface area contributed by atoms with Gasteiger partial charge in [-0.25, -0.2) is 0 Å². The van der Waals surface area contributed by atoms with Gasteiger partial charge in [-0.3, -0.25) is 4.79 Å². The van der Waals surface area contributed by atoms with E-state index in [1.165, 1.54) is 0 Å². The predicted molar refractivity (Wildman–Crippen MR) is 73.2 cm³/mol. The van der Waals surface area contributed by atoms with Crippen molar-refractivity contribution >= 4 is 35.2 Å². The van der Waals surface area contributed by atoms with E-state index in [1.807, 2.05) is 18.2 Å². The summed E-state index contributed by atoms with van der Waals surface area (Å²) in [5.74, 6) is 1.39. The minimum Gasteiger partial charge on any atom is -0.465 e. The molecule has 4 heteroatoms. The molecule has 0 saturated heterocycles. The molecule has 0 bridgehead atoms. The van der Waals surface area contributed by atoms with E-state index in [0.717, 1.165) is 10.5 Å². The van der Waals surface area contributed by atoms with Crippen LogP contribution in [-0.2, 0) is 0 Å². The van der Waals surface area contributed by atoms with Gasteiger partial charge in [0.05, 0.1) is 6.26 Å². The van der Waals surface area contributed by atoms with Crippen LogP contribution in [0, 0.1) is 0 Å². The first-order valence-electron chi connectivity index (χ1n) is 5.45. The van der Waals surface area contributed by atoms with Gasteiger partial charge in [0.25, 0.3) is 0 Å². The van der Waals surface area contributed by atoms with E-state index in [1.54, 1.807) is 36.2 Å². The van der Waals surface area contributed by atoms with Crippen molar-refractivity contribution in [1.29, 1.82) is 0 Å². The SMILES string of the molecule is O=C1C(=Cc2ccco2)CSc2ccc(Cl)cc21. The van der Waals surface area contributed by atoms with E-state index < -0.39 is 0 Å². The number of rotatable bonds is 1. The molecule has 2 heterocycles. The number of fused-ring (bicyclic) bond motifs is 1. The number of carbonyl (C=O) groups is 1. The first-order chi connectivity index (χ1) is 8.74. The van der Waals surface area contributed by atoms with Crippen LogP contribution in [0.2, 0.25) is 5.02 Å². The molecule has 0 radical (unpaired) electrons. The molecule has 0 unspecified atom stereocenters. The summed E-state index contributed by atoms with van der Waals surface area (Å²) in [4.78, 5) is 13.3. The van der Waals surface area contributed by atoms with Gasteiger partial charge >= 0.3 is 0 Å². The monoisotopic (exact) mass is 276 g/mol. The Morgan fingerprint density at radius 3 is 3.00 bits per heavy atom. The van der Waals surface area contributed by atoms with Crippen molar-refractivity contribution in [3.63, 3.8) is 0 Å². The molecular formula is C14H9ClO2S. The molecule has 1 aliphatic rings. The Balaban J connectivity index is 2.01. The van der Waals surface area contributed by atoms with Gasteiger partial charge in [0.1, 0.15) is 5.76 Å². The highest BCUT2D eigenvalue weighted by atomic mass is 35.5. The van der Waals surface area contributed by atoms with Crippen molar-refractivity contribution in [3.8, 4) is 0 Å². The second-order valence-corrected chi connectivity index (χ2v) is 5.40. The third kappa shape index (κ3) is 2.11. The number of hydrogen-bond donors (Lipinski definition) is 0. The van der Waals surface area contributed by atoms with Gasteiger partial charge < -0.3 is 4.42 Å². The Hall–Kier alpha value is -1.45. The Morgan fingerprint density at radius 2 is 2.22 bits per heavy atom. The Kier molecular flexibility index (Phi) is 3.02. The van der Waals surface area contributed by atoms with Gasteiger partial charge in [-0.05, 0) is 36.4 Å². The van der Waals surface area contributed by atoms with Gasteiger partial charge in [-0.1, -0.05) is 11.6 Å². The summed E-state index contributed by atoms with van der Waals surface area (Å²) in [5, 5.41) is 0.585. The summed E-state index contributed by atoms with van der Waals surface area (Å²) in [6, 6.07) is 9.06. The Labute approximate surface area is 114 Å². The van der Waals surface area contributed by atoms with Crippen molar-refractivity contribution in [2.45, 2.75) is 4.90 Å². The molecule has 0 saturated carbocycles. The number of ketones is 1. The maximum absolute atomic E-state index is 12.3. The number of furan rings is 1. The average Bonchev–Trinajstić information content (AvgIpc) is 2.86. The van der Waals surface area contributed by atoms with Crippen LogP contribution in [0.4, 0.5) is 0 Å². The number of hydrogen-bond acceptors (Lipinski definition) is 3. The van der Waals surface area contributed by atoms with E-state index in [9.17, 15) is 4.79 Å². The number of thioether (sulfide) groups is 1. The lowest BCUT2D eigenvalue weighted by Gasteiger charge is -2.16. The van der Waals surface area contributed by atoms with Crippen molar-refractivity contribution in [1.82, 2.24) is 0 Å². The summed E-state index contributed by atoms with van der Waals surface area (Å²) >= 11 is 7.57. The first-order valence-corrected chi connectivity index (χ1v) is 6.81. The topological polar surface area (TPSA) is 30.2 Å². The van der Waals surface area contributed by atoms with Crippen molar-refractivity contribution < 1.29 is 9.21 Å². The molecule has 0 N–H and O–H groups in total. The summed E-state index contributed by atoms with van der Waals surface area (Å²) in [5.41, 5.74) is 1.42. The second kappa shape index (κ2) is 4.67. The minimum absolute atomic E-state index is 0.0302. The van der Waals surface area contributed by atoms with Gasteiger partial charge in [-0.15, -0.1) is 11.8 Å². The van der Waals surface area contributed by atoms with Crippen LogP contribution < -0.4 is 0 Å². The fourth-order valence-electron chi connectivity index (χ4n) is 1.85. The van der Waals surface area contributed by atoms with Crippen molar-refractivity contribution in [2.75, 3.05) is 5.75 Å². The van der Waals surface area contributed by atoms with Crippen LogP contribution >= 0.6 is 23.4 Å². The molecule has 3 rings (SSSR count). The van der Waals surface area contributed by atoms with E-state index in [0.29, 0.717) is 22.1 Å². The third-order valence-corrected chi connectivity index (χ3v) is 4.08. The smallest absolute Gasteiger partial charge is 0.191 e. The summed E-state index contributed by atoms with van der Waals surface area (Å²) < 4.78 is 5.23. The molecule has 0 aliphatic carbocycles. The molecule has 2 aromatic rings. The van der Waals surface area contributed by atoms with Gasteiger partial charge in [0.15, 0.2) is 5.78 Å². The Morgan fingerprint density at radius 1 is 1.33 bits per heavy atom. The number of benzene rings is 1. The van der Waals surface area contributed by atoms with E-state index in [-0.39, 0.29) is 5.78 Å². The van der Waals surface area contributed by atoms with E-state index in [4.69, 9.17) is 16.0 Å². The summed E-state index contributed by atoms with van der Waals surface area (Å²) in [7, 11) is 0. The molecule has 18 heavy (non-hydrogen) atoms. The van der Waals surface area contributed by atoms with Crippen LogP contribution in [-0.4, -0.2) is 11.5 Å². The summed E-state index contributed by atoms with van der Waals surface area (Å²) in [6.07, 6.45) is 3.39. The fourth-order valence-corrected chi connectivity index (χ4v) is 3.02. The fraction of sp³-hybridized carbons (Fsp3) is 0.0714. The quantitative estimate of drug-likeness (QED) is 0.727. The molecule has 0 spiro atoms. The van der Waals surface area contributed by atoms with E-state index >= 15 is 0 Å². The summed E-state index contributed by atoms with van der Waals surface area (Å²) in [6.45, 7) is 0. The van der Waals surface area contributed by atoms with Crippen LogP contribution in [0.3, 0.4) is 0 Å². The van der Waals surface area contributed by atoms with Crippen LogP contribution in [0.15, 0.2) is 51.5 Å². The highest BCUT2D eigenvalue weighted by Crippen LogP contribution is 2.34. The van der Waals surface area contributed by atoms with Gasteiger partial charge in [0.2, 0.25) is 0 Å². The molecule has 2 nitrogen and oxygen atoms in total. The number of carbonyl (C=O) groups excluding carboxylic acids is 1. The molecule has 1 aromatic heterocycles. The van der Waals surface area contributed by atoms with Crippen LogP contribution in [0.1, 0.15) is 16.1 Å². The lowest BCUT2D eigenvalue weighted by Crippen LogP contribution is -2.12. The molecule has 0 amide bonds. The largest absolute Gasteiger partial charge is 0.465 e. The lowest BCUT2D eigenvalue weighted by atomic mass is 10.0. The van der Waals surface area contributed by atoms with Gasteiger partial charge in [-0.2, -0.15) is 0 Å². The molecule has 0 atom stereocenters. The molecule has 0 fully saturated rings. The zero-order chi connectivity index (χ0) is 12.5. The zero-order valence-corrected chi connectivity index (χ0v) is 10.9. The zero-order valence-electron chi connectivity index (χ0n) is 9.35. The van der Waals surface area contributed by atoms with Crippen molar-refractivity contribution in [2.24, 2.45) is 0 Å². The second-order valence-electron chi connectivity index (χ2n) is 3.94. The first kappa shape index (κ1) is 11.6. The predicted octanol–water partition coefficient (Wildman–Crippen LogP) is 4.31. The van der Waals surface area contributed by atoms with E-state index in [2.05, 4.69) is 0 Å². The third-order valence-electron chi connectivity index (χ3n) is 2.72. The molecular weight excluding hydrogens is 268 g/mol.